The Labute approximate surface area is 137 Å². The Bertz CT molecular complexity index is 517. The summed E-state index contributed by atoms with van der Waals surface area (Å²) in [5.41, 5.74) is 0. The number of rotatable bonds is 10. The fourth-order valence-corrected chi connectivity index (χ4v) is 3.07. The molecule has 22 heavy (non-hydrogen) atoms. The molecule has 0 spiro atoms. The van der Waals surface area contributed by atoms with E-state index < -0.39 is 10.0 Å². The standard InChI is InChI=1S/C13H22N2O5S.ClH/c1-18-10-9-14-7-8-15-21(16,17)13-11(19-2)5-4-6-12(13)20-3;/h4-6,14-15H,7-10H2,1-3H3;1H. The van der Waals surface area contributed by atoms with E-state index in [2.05, 4.69) is 10.0 Å². The number of nitrogens with one attached hydrogen (secondary N) is 2. The summed E-state index contributed by atoms with van der Waals surface area (Å²) in [6.45, 7) is 2.00. The van der Waals surface area contributed by atoms with Crippen LogP contribution in [0.5, 0.6) is 11.5 Å². The quantitative estimate of drug-likeness (QED) is 0.600. The topological polar surface area (TPSA) is 85.9 Å². The van der Waals surface area contributed by atoms with Crippen molar-refractivity contribution in [1.82, 2.24) is 10.0 Å². The Balaban J connectivity index is 0.00000441. The van der Waals surface area contributed by atoms with Gasteiger partial charge in [0.25, 0.3) is 0 Å². The lowest BCUT2D eigenvalue weighted by molar-refractivity contribution is 0.199. The monoisotopic (exact) mass is 354 g/mol. The minimum Gasteiger partial charge on any atom is -0.495 e. The lowest BCUT2D eigenvalue weighted by atomic mass is 10.3. The van der Waals surface area contributed by atoms with Gasteiger partial charge in [0, 0.05) is 26.7 Å². The first-order chi connectivity index (χ1) is 10.1. The molecule has 0 saturated carbocycles. The van der Waals surface area contributed by atoms with Crippen LogP contribution >= 0.6 is 12.4 Å². The van der Waals surface area contributed by atoms with Crippen LogP contribution in [0.15, 0.2) is 23.1 Å². The van der Waals surface area contributed by atoms with Crippen LogP contribution in [0, 0.1) is 0 Å². The summed E-state index contributed by atoms with van der Waals surface area (Å²) in [5, 5.41) is 3.05. The van der Waals surface area contributed by atoms with Crippen molar-refractivity contribution in [3.63, 3.8) is 0 Å². The van der Waals surface area contributed by atoms with Crippen LogP contribution in [-0.4, -0.2) is 56.0 Å². The average Bonchev–Trinajstić information content (AvgIpc) is 2.49. The van der Waals surface area contributed by atoms with Gasteiger partial charge in [-0.3, -0.25) is 0 Å². The van der Waals surface area contributed by atoms with E-state index in [1.54, 1.807) is 25.3 Å². The van der Waals surface area contributed by atoms with Crippen molar-refractivity contribution < 1.29 is 22.6 Å². The fourth-order valence-electron chi connectivity index (χ4n) is 1.73. The van der Waals surface area contributed by atoms with E-state index in [0.717, 1.165) is 0 Å². The highest BCUT2D eigenvalue weighted by atomic mass is 35.5. The minimum atomic E-state index is -3.71. The summed E-state index contributed by atoms with van der Waals surface area (Å²) in [6.07, 6.45) is 0. The highest BCUT2D eigenvalue weighted by Crippen LogP contribution is 2.32. The Morgan fingerprint density at radius 1 is 1.00 bits per heavy atom. The maximum Gasteiger partial charge on any atom is 0.248 e. The van der Waals surface area contributed by atoms with E-state index in [1.807, 2.05) is 0 Å². The molecule has 0 radical (unpaired) electrons. The van der Waals surface area contributed by atoms with Crippen molar-refractivity contribution in [3.05, 3.63) is 18.2 Å². The highest BCUT2D eigenvalue weighted by molar-refractivity contribution is 7.89. The van der Waals surface area contributed by atoms with Gasteiger partial charge in [-0.05, 0) is 12.1 Å². The summed E-state index contributed by atoms with van der Waals surface area (Å²) in [4.78, 5) is 0.00638. The Morgan fingerprint density at radius 2 is 1.59 bits per heavy atom. The molecule has 9 heteroatoms. The Morgan fingerprint density at radius 3 is 2.09 bits per heavy atom. The summed E-state index contributed by atoms with van der Waals surface area (Å²) < 4.78 is 42.3. The van der Waals surface area contributed by atoms with Crippen LogP contribution in [0.25, 0.3) is 0 Å². The number of ether oxygens (including phenoxy) is 3. The molecule has 0 saturated heterocycles. The first kappa shape index (κ1) is 20.9. The van der Waals surface area contributed by atoms with Gasteiger partial charge in [0.1, 0.15) is 11.5 Å². The predicted molar refractivity (Wildman–Crippen MR) is 86.7 cm³/mol. The van der Waals surface area contributed by atoms with E-state index >= 15 is 0 Å². The van der Waals surface area contributed by atoms with E-state index in [-0.39, 0.29) is 35.3 Å². The molecule has 2 N–H and O–H groups in total. The summed E-state index contributed by atoms with van der Waals surface area (Å²) >= 11 is 0. The lowest BCUT2D eigenvalue weighted by Gasteiger charge is -2.14. The van der Waals surface area contributed by atoms with Crippen molar-refractivity contribution in [2.75, 3.05) is 47.6 Å². The second-order valence-corrected chi connectivity index (χ2v) is 5.84. The van der Waals surface area contributed by atoms with Crippen molar-refractivity contribution >= 4 is 22.4 Å². The molecule has 0 aliphatic carbocycles. The molecule has 0 unspecified atom stereocenters. The maximum atomic E-state index is 12.4. The molecule has 1 aromatic carbocycles. The summed E-state index contributed by atoms with van der Waals surface area (Å²) in [6, 6.07) is 4.82. The molecular formula is C13H23ClN2O5S. The molecule has 0 bridgehead atoms. The van der Waals surface area contributed by atoms with Crippen LogP contribution in [0.1, 0.15) is 0 Å². The second-order valence-electron chi connectivity index (χ2n) is 4.13. The SMILES string of the molecule is COCCNCCNS(=O)(=O)c1c(OC)cccc1OC.Cl. The molecule has 0 amide bonds. The molecule has 0 fully saturated rings. The zero-order valence-electron chi connectivity index (χ0n) is 12.9. The van der Waals surface area contributed by atoms with Gasteiger partial charge in [-0.25, -0.2) is 13.1 Å². The zero-order valence-corrected chi connectivity index (χ0v) is 14.6. The first-order valence-electron chi connectivity index (χ1n) is 6.47. The number of methoxy groups -OCH3 is 3. The highest BCUT2D eigenvalue weighted by Gasteiger charge is 2.23. The number of sulfonamides is 1. The second kappa shape index (κ2) is 10.6. The summed E-state index contributed by atoms with van der Waals surface area (Å²) in [5.74, 6) is 0.489. The first-order valence-corrected chi connectivity index (χ1v) is 7.95. The van der Waals surface area contributed by atoms with Crippen molar-refractivity contribution in [2.24, 2.45) is 0 Å². The van der Waals surface area contributed by atoms with Gasteiger partial charge < -0.3 is 19.5 Å². The van der Waals surface area contributed by atoms with Crippen LogP contribution in [0.3, 0.4) is 0 Å². The van der Waals surface area contributed by atoms with Crippen LogP contribution in [0.2, 0.25) is 0 Å². The number of halogens is 1. The minimum absolute atomic E-state index is 0. The van der Waals surface area contributed by atoms with Crippen LogP contribution in [-0.2, 0) is 14.8 Å². The van der Waals surface area contributed by atoms with Gasteiger partial charge in [-0.15, -0.1) is 12.4 Å². The third-order valence-corrected chi connectivity index (χ3v) is 4.25. The maximum absolute atomic E-state index is 12.4. The Kier molecular flexibility index (Phi) is 10.1. The normalized spacial score (nSPS) is 10.9. The molecule has 0 heterocycles. The molecular weight excluding hydrogens is 332 g/mol. The van der Waals surface area contributed by atoms with Gasteiger partial charge >= 0.3 is 0 Å². The van der Waals surface area contributed by atoms with Gasteiger partial charge in [-0.2, -0.15) is 0 Å². The van der Waals surface area contributed by atoms with Crippen LogP contribution in [0.4, 0.5) is 0 Å². The zero-order chi connectivity index (χ0) is 15.7. The van der Waals surface area contributed by atoms with E-state index in [0.29, 0.717) is 19.7 Å². The van der Waals surface area contributed by atoms with Gasteiger partial charge in [0.15, 0.2) is 4.90 Å². The molecule has 1 aromatic rings. The third-order valence-electron chi connectivity index (χ3n) is 2.73. The smallest absolute Gasteiger partial charge is 0.248 e. The predicted octanol–water partition coefficient (Wildman–Crippen LogP) is 0.640. The van der Waals surface area contributed by atoms with Crippen molar-refractivity contribution in [2.45, 2.75) is 4.90 Å². The van der Waals surface area contributed by atoms with Gasteiger partial charge in [0.05, 0.1) is 20.8 Å². The molecule has 128 valence electrons. The number of hydrogen-bond donors (Lipinski definition) is 2. The van der Waals surface area contributed by atoms with E-state index in [9.17, 15) is 8.42 Å². The lowest BCUT2D eigenvalue weighted by Crippen LogP contribution is -2.33. The summed E-state index contributed by atoms with van der Waals surface area (Å²) in [7, 11) is 0.733. The van der Waals surface area contributed by atoms with Crippen LogP contribution < -0.4 is 19.5 Å². The molecule has 0 aliphatic heterocycles. The van der Waals surface area contributed by atoms with Gasteiger partial charge in [0.2, 0.25) is 10.0 Å². The molecule has 0 aromatic heterocycles. The average molecular weight is 355 g/mol. The fraction of sp³-hybridized carbons (Fsp3) is 0.538. The Hall–Kier alpha value is -1.06. The number of benzene rings is 1. The molecule has 1 rings (SSSR count). The molecule has 0 aliphatic rings. The van der Waals surface area contributed by atoms with E-state index in [1.165, 1.54) is 14.2 Å². The largest absolute Gasteiger partial charge is 0.495 e. The molecule has 7 nitrogen and oxygen atoms in total. The van der Waals surface area contributed by atoms with E-state index in [4.69, 9.17) is 14.2 Å². The van der Waals surface area contributed by atoms with Gasteiger partial charge in [-0.1, -0.05) is 6.07 Å². The van der Waals surface area contributed by atoms with Crippen molar-refractivity contribution in [3.8, 4) is 11.5 Å². The number of hydrogen-bond acceptors (Lipinski definition) is 6. The third kappa shape index (κ3) is 5.98. The van der Waals surface area contributed by atoms with Crippen molar-refractivity contribution in [1.29, 1.82) is 0 Å². The molecule has 0 atom stereocenters.